The zero-order valence-corrected chi connectivity index (χ0v) is 18.3. The number of nitrogens with two attached hydrogens (primary N) is 2. The third-order valence-electron chi connectivity index (χ3n) is 5.76. The number of nitrogens with one attached hydrogen (secondary N) is 1. The number of urea groups is 1. The van der Waals surface area contributed by atoms with E-state index in [0.29, 0.717) is 30.0 Å². The Bertz CT molecular complexity index is 1390. The van der Waals surface area contributed by atoms with Crippen LogP contribution in [0.3, 0.4) is 0 Å². The topological polar surface area (TPSA) is 128 Å². The number of carbonyl (C=O) groups excluding carboxylic acids is 1. The van der Waals surface area contributed by atoms with Crippen LogP contribution in [-0.2, 0) is 6.54 Å². The van der Waals surface area contributed by atoms with Gasteiger partial charge in [-0.05, 0) is 18.1 Å². The lowest BCUT2D eigenvalue weighted by Crippen LogP contribution is -2.50. The van der Waals surface area contributed by atoms with Crippen molar-refractivity contribution in [1.82, 2.24) is 24.6 Å². The van der Waals surface area contributed by atoms with E-state index in [0.717, 1.165) is 0 Å². The summed E-state index contributed by atoms with van der Waals surface area (Å²) in [5.41, 5.74) is 13.1. The lowest BCUT2D eigenvalue weighted by atomic mass is 10.0. The van der Waals surface area contributed by atoms with E-state index in [2.05, 4.69) is 20.4 Å². The molecule has 9 nitrogen and oxygen atoms in total. The number of para-hydroxylation sites is 1. The van der Waals surface area contributed by atoms with Crippen LogP contribution in [0, 0.1) is 17.6 Å². The molecule has 2 amide bonds. The molecule has 0 bridgehead atoms. The third-order valence-corrected chi connectivity index (χ3v) is 5.76. The SMILES string of the molecule is CC1CN(C(=O)Nc2c(N)nc(-c3nn(Cc4ccccc4F)c4c(F)cccc34)nc2N)C1. The zero-order valence-electron chi connectivity index (χ0n) is 18.3. The molecule has 0 unspecified atom stereocenters. The number of benzene rings is 2. The highest BCUT2D eigenvalue weighted by Gasteiger charge is 2.28. The van der Waals surface area contributed by atoms with Crippen LogP contribution in [0.5, 0.6) is 0 Å². The van der Waals surface area contributed by atoms with Gasteiger partial charge < -0.3 is 21.7 Å². The number of carbonyl (C=O) groups is 1. The van der Waals surface area contributed by atoms with Gasteiger partial charge in [0.1, 0.15) is 28.5 Å². The summed E-state index contributed by atoms with van der Waals surface area (Å²) in [6.45, 7) is 3.32. The zero-order chi connectivity index (χ0) is 24.0. The fourth-order valence-corrected chi connectivity index (χ4v) is 4.04. The summed E-state index contributed by atoms with van der Waals surface area (Å²) in [7, 11) is 0. The van der Waals surface area contributed by atoms with Gasteiger partial charge in [0, 0.05) is 24.0 Å². The van der Waals surface area contributed by atoms with Gasteiger partial charge in [-0.1, -0.05) is 37.3 Å². The van der Waals surface area contributed by atoms with E-state index in [1.807, 2.05) is 6.92 Å². The molecular weight excluding hydrogens is 442 g/mol. The maximum absolute atomic E-state index is 14.8. The summed E-state index contributed by atoms with van der Waals surface area (Å²) < 4.78 is 30.4. The largest absolute Gasteiger partial charge is 0.382 e. The van der Waals surface area contributed by atoms with Crippen LogP contribution in [0.15, 0.2) is 42.5 Å². The van der Waals surface area contributed by atoms with Crippen molar-refractivity contribution in [2.75, 3.05) is 29.9 Å². The third kappa shape index (κ3) is 3.74. The summed E-state index contributed by atoms with van der Waals surface area (Å²) in [5, 5.41) is 7.54. The smallest absolute Gasteiger partial charge is 0.322 e. The molecule has 4 aromatic rings. The predicted molar refractivity (Wildman–Crippen MR) is 125 cm³/mol. The first-order valence-corrected chi connectivity index (χ1v) is 10.7. The second kappa shape index (κ2) is 8.25. The Labute approximate surface area is 193 Å². The fraction of sp³-hybridized carbons (Fsp3) is 0.217. The number of rotatable bonds is 4. The molecule has 0 aliphatic carbocycles. The molecule has 5 N–H and O–H groups in total. The summed E-state index contributed by atoms with van der Waals surface area (Å²) in [5.74, 6) is -0.539. The molecule has 1 saturated heterocycles. The van der Waals surface area contributed by atoms with Gasteiger partial charge >= 0.3 is 6.03 Å². The normalized spacial score (nSPS) is 13.8. The van der Waals surface area contributed by atoms with Crippen molar-refractivity contribution >= 4 is 34.3 Å². The van der Waals surface area contributed by atoms with E-state index >= 15 is 0 Å². The fourth-order valence-electron chi connectivity index (χ4n) is 4.04. The quantitative estimate of drug-likeness (QED) is 0.424. The Morgan fingerprint density at radius 1 is 1.06 bits per heavy atom. The maximum atomic E-state index is 14.8. The molecule has 2 aromatic heterocycles. The second-order valence-electron chi connectivity index (χ2n) is 8.37. The average molecular weight is 464 g/mol. The van der Waals surface area contributed by atoms with E-state index in [1.165, 1.54) is 22.9 Å². The van der Waals surface area contributed by atoms with E-state index in [9.17, 15) is 13.6 Å². The van der Waals surface area contributed by atoms with Gasteiger partial charge in [-0.2, -0.15) is 5.10 Å². The number of hydrogen-bond acceptors (Lipinski definition) is 6. The van der Waals surface area contributed by atoms with Crippen molar-refractivity contribution in [3.8, 4) is 11.5 Å². The van der Waals surface area contributed by atoms with Gasteiger partial charge in [0.2, 0.25) is 0 Å². The minimum Gasteiger partial charge on any atom is -0.382 e. The van der Waals surface area contributed by atoms with E-state index in [1.54, 1.807) is 29.2 Å². The van der Waals surface area contributed by atoms with Crippen LogP contribution in [0.25, 0.3) is 22.4 Å². The van der Waals surface area contributed by atoms with Crippen molar-refractivity contribution in [3.05, 3.63) is 59.7 Å². The van der Waals surface area contributed by atoms with E-state index in [-0.39, 0.29) is 46.9 Å². The van der Waals surface area contributed by atoms with Crippen molar-refractivity contribution in [2.45, 2.75) is 13.5 Å². The molecule has 0 spiro atoms. The van der Waals surface area contributed by atoms with Crippen LogP contribution in [0.1, 0.15) is 12.5 Å². The molecule has 0 saturated carbocycles. The van der Waals surface area contributed by atoms with E-state index < -0.39 is 11.6 Å². The number of hydrogen-bond donors (Lipinski definition) is 3. The molecular formula is C23H22F2N8O. The lowest BCUT2D eigenvalue weighted by molar-refractivity contribution is 0.141. The average Bonchev–Trinajstić information content (AvgIpc) is 3.15. The molecule has 1 aliphatic rings. The summed E-state index contributed by atoms with van der Waals surface area (Å²) in [4.78, 5) is 22.5. The van der Waals surface area contributed by atoms with Crippen molar-refractivity contribution in [1.29, 1.82) is 0 Å². The summed E-state index contributed by atoms with van der Waals surface area (Å²) in [6.07, 6.45) is 0. The highest BCUT2D eigenvalue weighted by Crippen LogP contribution is 2.32. The number of anilines is 3. The minimum atomic E-state index is -0.527. The number of halogens is 2. The van der Waals surface area contributed by atoms with Gasteiger partial charge in [0.15, 0.2) is 17.5 Å². The highest BCUT2D eigenvalue weighted by molar-refractivity contribution is 5.97. The van der Waals surface area contributed by atoms with Crippen molar-refractivity contribution in [3.63, 3.8) is 0 Å². The Kier molecular flexibility index (Phi) is 5.23. The molecule has 2 aromatic carbocycles. The van der Waals surface area contributed by atoms with Crippen LogP contribution in [0.2, 0.25) is 0 Å². The Morgan fingerprint density at radius 3 is 2.41 bits per heavy atom. The van der Waals surface area contributed by atoms with Gasteiger partial charge in [-0.15, -0.1) is 0 Å². The number of aromatic nitrogens is 4. The molecule has 34 heavy (non-hydrogen) atoms. The number of nitrogen functional groups attached to an aromatic ring is 2. The summed E-state index contributed by atoms with van der Waals surface area (Å²) >= 11 is 0. The van der Waals surface area contributed by atoms with Gasteiger partial charge in [0.25, 0.3) is 0 Å². The number of amides is 2. The molecule has 3 heterocycles. The van der Waals surface area contributed by atoms with Crippen LogP contribution in [0.4, 0.5) is 30.9 Å². The standard InChI is InChI=1S/C23H22F2N8O/c1-12-9-32(10-12)23(34)28-18-20(26)29-22(30-21(18)27)17-14-6-4-8-16(25)19(14)33(31-17)11-13-5-2-3-7-15(13)24/h2-8,12H,9-11H2,1H3,(H,28,34)(H4,26,27,29,30). The molecule has 11 heteroatoms. The van der Waals surface area contributed by atoms with Crippen molar-refractivity contribution in [2.24, 2.45) is 5.92 Å². The van der Waals surface area contributed by atoms with Crippen LogP contribution >= 0.6 is 0 Å². The Morgan fingerprint density at radius 2 is 1.74 bits per heavy atom. The summed E-state index contributed by atoms with van der Waals surface area (Å²) in [6, 6.07) is 10.4. The Hall–Kier alpha value is -4.28. The number of likely N-dealkylation sites (tertiary alicyclic amines) is 1. The first-order chi connectivity index (χ1) is 16.3. The highest BCUT2D eigenvalue weighted by atomic mass is 19.1. The van der Waals surface area contributed by atoms with E-state index in [4.69, 9.17) is 11.5 Å². The first kappa shape index (κ1) is 21.6. The molecule has 0 radical (unpaired) electrons. The van der Waals surface area contributed by atoms with Gasteiger partial charge in [-0.25, -0.2) is 23.5 Å². The molecule has 1 aliphatic heterocycles. The number of nitrogens with zero attached hydrogens (tertiary/aromatic N) is 5. The van der Waals surface area contributed by atoms with Crippen LogP contribution in [-0.4, -0.2) is 43.8 Å². The molecule has 174 valence electrons. The number of fused-ring (bicyclic) bond motifs is 1. The maximum Gasteiger partial charge on any atom is 0.322 e. The molecule has 1 fully saturated rings. The minimum absolute atomic E-state index is 0.00251. The first-order valence-electron chi connectivity index (χ1n) is 10.7. The molecule has 0 atom stereocenters. The monoisotopic (exact) mass is 464 g/mol. The Balaban J connectivity index is 1.53. The van der Waals surface area contributed by atoms with Crippen LogP contribution < -0.4 is 16.8 Å². The van der Waals surface area contributed by atoms with Crippen molar-refractivity contribution < 1.29 is 13.6 Å². The molecule has 5 rings (SSSR count). The van der Waals surface area contributed by atoms with Gasteiger partial charge in [-0.3, -0.25) is 4.68 Å². The predicted octanol–water partition coefficient (Wildman–Crippen LogP) is 3.47. The second-order valence-corrected chi connectivity index (χ2v) is 8.37. The van der Waals surface area contributed by atoms with Gasteiger partial charge in [0.05, 0.1) is 6.54 Å². The lowest BCUT2D eigenvalue weighted by Gasteiger charge is -2.37.